The number of aromatic nitrogens is 4. The molecule has 6 aromatic carbocycles. The van der Waals surface area contributed by atoms with Crippen LogP contribution in [0.15, 0.2) is 205 Å². The van der Waals surface area contributed by atoms with E-state index in [1.54, 1.807) is 0 Å². The van der Waals surface area contributed by atoms with Gasteiger partial charge in [0.15, 0.2) is 5.82 Å². The standard InChI is InChI=1S/C58H41N5/c1-2-46-34-49(39-11-5-3-6-12-39)48-27-30-58-31-28-51(61-56(58)54(58)55(48)60-46)41-23-19-37(20-24-41)38-21-25-42(26-22-38)52-35-53(63-57(62-52)43-13-7-4-8-14-43)45-17-9-16-44(33-45)47-18-10-15-40-29-32-59-36-50(40)47/h3-36,54,56H,2H2,1H3. The maximum Gasteiger partial charge on any atom is 0.160 e. The fourth-order valence-corrected chi connectivity index (χ4v) is 9.67. The van der Waals surface area contributed by atoms with Gasteiger partial charge in [-0.05, 0) is 81.1 Å². The Hall–Kier alpha value is -7.89. The molecule has 3 aliphatic rings. The van der Waals surface area contributed by atoms with Crippen LogP contribution in [0, 0.1) is 5.41 Å². The van der Waals surface area contributed by atoms with Gasteiger partial charge in [-0.1, -0.05) is 171 Å². The van der Waals surface area contributed by atoms with E-state index in [-0.39, 0.29) is 17.4 Å². The van der Waals surface area contributed by atoms with E-state index in [0.29, 0.717) is 5.82 Å². The predicted octanol–water partition coefficient (Wildman–Crippen LogP) is 13.5. The normalized spacial score (nSPS) is 18.0. The second-order valence-corrected chi connectivity index (χ2v) is 16.7. The average Bonchev–Trinajstić information content (AvgIpc) is 4.05. The number of hydrogen-bond donors (Lipinski definition) is 0. The lowest BCUT2D eigenvalue weighted by molar-refractivity contribution is 0.757. The van der Waals surface area contributed by atoms with Gasteiger partial charge in [0.2, 0.25) is 0 Å². The van der Waals surface area contributed by atoms with Crippen LogP contribution in [0.5, 0.6) is 0 Å². The number of allylic oxidation sites excluding steroid dienone is 1. The van der Waals surface area contributed by atoms with Gasteiger partial charge >= 0.3 is 0 Å². The first kappa shape index (κ1) is 36.9. The van der Waals surface area contributed by atoms with Gasteiger partial charge < -0.3 is 0 Å². The largest absolute Gasteiger partial charge is 0.279 e. The molecule has 298 valence electrons. The summed E-state index contributed by atoms with van der Waals surface area (Å²) in [6, 6.07) is 60.0. The molecule has 0 N–H and O–H groups in total. The second kappa shape index (κ2) is 14.9. The number of hydrogen-bond acceptors (Lipinski definition) is 5. The fraction of sp³-hybridized carbons (Fsp3) is 0.0862. The van der Waals surface area contributed by atoms with Crippen molar-refractivity contribution in [3.8, 4) is 67.3 Å². The number of benzene rings is 6. The quantitative estimate of drug-likeness (QED) is 0.153. The molecule has 0 radical (unpaired) electrons. The molecule has 12 rings (SSSR count). The lowest BCUT2D eigenvalue weighted by Crippen LogP contribution is -2.11. The van der Waals surface area contributed by atoms with Gasteiger partial charge in [0, 0.05) is 57.1 Å². The summed E-state index contributed by atoms with van der Waals surface area (Å²) in [4.78, 5) is 25.3. The maximum atomic E-state index is 5.38. The molecule has 2 aliphatic carbocycles. The summed E-state index contributed by atoms with van der Waals surface area (Å²) in [5, 5.41) is 2.29. The Balaban J connectivity index is 0.823. The van der Waals surface area contributed by atoms with Crippen LogP contribution in [0.1, 0.15) is 35.4 Å². The summed E-state index contributed by atoms with van der Waals surface area (Å²) in [5.74, 6) is 0.948. The van der Waals surface area contributed by atoms with Gasteiger partial charge in [0.05, 0.1) is 28.8 Å². The van der Waals surface area contributed by atoms with Crippen molar-refractivity contribution in [2.75, 3.05) is 0 Å². The zero-order valence-corrected chi connectivity index (χ0v) is 34.7. The Bertz CT molecular complexity index is 3310. The van der Waals surface area contributed by atoms with Gasteiger partial charge in [-0.3, -0.25) is 15.0 Å². The SMILES string of the molecule is CCc1cc(-c2ccccc2)c2c(n1)C1C3N=C(c4ccc(-c5ccc(-c6cc(-c7cccc(-c8cccc9ccncc89)c7)nc(-c7ccccc7)n6)cc5)cc4)C=CC31C=C2. The first-order chi connectivity index (χ1) is 31.1. The van der Waals surface area contributed by atoms with E-state index in [1.165, 1.54) is 22.4 Å². The van der Waals surface area contributed by atoms with Crippen LogP contribution in [0.25, 0.3) is 84.1 Å². The Kier molecular flexibility index (Phi) is 8.75. The number of rotatable bonds is 8. The number of pyridine rings is 2. The van der Waals surface area contributed by atoms with Crippen molar-refractivity contribution in [1.82, 2.24) is 19.9 Å². The third-order valence-electron chi connectivity index (χ3n) is 13.1. The Morgan fingerprint density at radius 1 is 0.508 bits per heavy atom. The summed E-state index contributed by atoms with van der Waals surface area (Å²) in [5.41, 5.74) is 17.4. The van der Waals surface area contributed by atoms with E-state index in [1.807, 2.05) is 30.6 Å². The van der Waals surface area contributed by atoms with Crippen molar-refractivity contribution >= 4 is 22.6 Å². The van der Waals surface area contributed by atoms with Crippen molar-refractivity contribution in [3.05, 3.63) is 223 Å². The van der Waals surface area contributed by atoms with Crippen LogP contribution in [0.3, 0.4) is 0 Å². The Labute approximate surface area is 367 Å². The molecule has 1 fully saturated rings. The molecule has 0 amide bonds. The van der Waals surface area contributed by atoms with E-state index >= 15 is 0 Å². The number of nitrogens with zero attached hydrogens (tertiary/aromatic N) is 5. The molecule has 9 aromatic rings. The van der Waals surface area contributed by atoms with E-state index in [0.717, 1.165) is 84.5 Å². The molecule has 3 atom stereocenters. The minimum absolute atomic E-state index is 0.0861. The van der Waals surface area contributed by atoms with Crippen LogP contribution in [-0.4, -0.2) is 31.7 Å². The summed E-state index contributed by atoms with van der Waals surface area (Å²) in [6.07, 6.45) is 13.9. The first-order valence-corrected chi connectivity index (χ1v) is 21.8. The summed E-state index contributed by atoms with van der Waals surface area (Å²) < 4.78 is 0. The molecule has 3 aromatic heterocycles. The monoisotopic (exact) mass is 807 g/mol. The highest BCUT2D eigenvalue weighted by molar-refractivity contribution is 6.10. The molecule has 1 saturated carbocycles. The second-order valence-electron chi connectivity index (χ2n) is 16.7. The third kappa shape index (κ3) is 6.43. The van der Waals surface area contributed by atoms with E-state index < -0.39 is 0 Å². The van der Waals surface area contributed by atoms with Crippen LogP contribution >= 0.6 is 0 Å². The summed E-state index contributed by atoms with van der Waals surface area (Å²) >= 11 is 0. The Morgan fingerprint density at radius 2 is 1.16 bits per heavy atom. The van der Waals surface area contributed by atoms with Crippen molar-refractivity contribution in [3.63, 3.8) is 0 Å². The molecular weight excluding hydrogens is 767 g/mol. The topological polar surface area (TPSA) is 63.9 Å². The molecule has 1 spiro atoms. The lowest BCUT2D eigenvalue weighted by Gasteiger charge is -2.19. The van der Waals surface area contributed by atoms with Gasteiger partial charge in [0.25, 0.3) is 0 Å². The minimum atomic E-state index is -0.0861. The minimum Gasteiger partial charge on any atom is -0.279 e. The number of aliphatic imine (C=N–C) groups is 1. The van der Waals surface area contributed by atoms with Gasteiger partial charge in [0.1, 0.15) is 0 Å². The summed E-state index contributed by atoms with van der Waals surface area (Å²) in [7, 11) is 0. The van der Waals surface area contributed by atoms with Crippen molar-refractivity contribution in [2.45, 2.75) is 25.3 Å². The lowest BCUT2D eigenvalue weighted by atomic mass is 9.87. The molecule has 5 heteroatoms. The van der Waals surface area contributed by atoms with Gasteiger partial charge in [-0.2, -0.15) is 0 Å². The number of dihydropyridines is 1. The highest BCUT2D eigenvalue weighted by Gasteiger charge is 2.66. The van der Waals surface area contributed by atoms with Crippen LogP contribution in [0.4, 0.5) is 0 Å². The van der Waals surface area contributed by atoms with Crippen LogP contribution in [0.2, 0.25) is 0 Å². The van der Waals surface area contributed by atoms with E-state index in [9.17, 15) is 0 Å². The Morgan fingerprint density at radius 3 is 1.92 bits per heavy atom. The molecule has 1 aliphatic heterocycles. The molecule has 5 nitrogen and oxygen atoms in total. The smallest absolute Gasteiger partial charge is 0.160 e. The number of aryl methyl sites for hydroxylation is 1. The highest BCUT2D eigenvalue weighted by Crippen LogP contribution is 2.67. The third-order valence-corrected chi connectivity index (χ3v) is 13.1. The van der Waals surface area contributed by atoms with Crippen molar-refractivity contribution in [1.29, 1.82) is 0 Å². The van der Waals surface area contributed by atoms with E-state index in [4.69, 9.17) is 19.9 Å². The van der Waals surface area contributed by atoms with Crippen molar-refractivity contribution in [2.24, 2.45) is 10.4 Å². The predicted molar refractivity (Wildman–Crippen MR) is 257 cm³/mol. The van der Waals surface area contributed by atoms with Crippen LogP contribution < -0.4 is 0 Å². The van der Waals surface area contributed by atoms with E-state index in [2.05, 4.69) is 188 Å². The molecule has 4 heterocycles. The zero-order valence-electron chi connectivity index (χ0n) is 34.7. The summed E-state index contributed by atoms with van der Waals surface area (Å²) in [6.45, 7) is 2.19. The van der Waals surface area contributed by atoms with Crippen molar-refractivity contribution < 1.29 is 0 Å². The number of fused-ring (bicyclic) bond motifs is 4. The maximum absolute atomic E-state index is 5.38. The molecular formula is C58H41N5. The first-order valence-electron chi connectivity index (χ1n) is 21.8. The molecule has 63 heavy (non-hydrogen) atoms. The van der Waals surface area contributed by atoms with Gasteiger partial charge in [-0.15, -0.1) is 0 Å². The average molecular weight is 808 g/mol. The van der Waals surface area contributed by atoms with Gasteiger partial charge in [-0.25, -0.2) is 9.97 Å². The van der Waals surface area contributed by atoms with Crippen LogP contribution in [-0.2, 0) is 6.42 Å². The fourth-order valence-electron chi connectivity index (χ4n) is 9.67. The molecule has 0 bridgehead atoms. The highest BCUT2D eigenvalue weighted by atomic mass is 15.0. The zero-order chi connectivity index (χ0) is 41.9. The molecule has 3 unspecified atom stereocenters. The molecule has 0 saturated heterocycles.